The maximum atomic E-state index is 5.80. The lowest BCUT2D eigenvalue weighted by Crippen LogP contribution is -2.38. The van der Waals surface area contributed by atoms with Gasteiger partial charge in [0.25, 0.3) is 0 Å². The molecule has 0 saturated carbocycles. The second-order valence-corrected chi connectivity index (χ2v) is 5.59. The third-order valence-electron chi connectivity index (χ3n) is 2.92. The van der Waals surface area contributed by atoms with Crippen molar-refractivity contribution in [2.75, 3.05) is 19.6 Å². The van der Waals surface area contributed by atoms with E-state index in [1.807, 2.05) is 13.0 Å². The summed E-state index contributed by atoms with van der Waals surface area (Å²) in [6.07, 6.45) is 1.15. The van der Waals surface area contributed by atoms with Gasteiger partial charge >= 0.3 is 0 Å². The van der Waals surface area contributed by atoms with Gasteiger partial charge in [0.1, 0.15) is 11.5 Å². The molecular formula is C14H26N2O. The molecule has 0 saturated heterocycles. The average molecular weight is 238 g/mol. The average Bonchev–Trinajstić information content (AvgIpc) is 2.64. The Labute approximate surface area is 105 Å². The van der Waals surface area contributed by atoms with E-state index in [4.69, 9.17) is 10.2 Å². The van der Waals surface area contributed by atoms with Crippen molar-refractivity contribution < 1.29 is 4.42 Å². The predicted molar refractivity (Wildman–Crippen MR) is 71.8 cm³/mol. The molecule has 0 unspecified atom stereocenters. The summed E-state index contributed by atoms with van der Waals surface area (Å²) < 4.78 is 5.64. The zero-order valence-electron chi connectivity index (χ0n) is 11.6. The highest BCUT2D eigenvalue weighted by Gasteiger charge is 2.20. The van der Waals surface area contributed by atoms with Crippen LogP contribution in [0.4, 0.5) is 0 Å². The van der Waals surface area contributed by atoms with E-state index in [0.29, 0.717) is 6.54 Å². The minimum atomic E-state index is 0.163. The fourth-order valence-corrected chi connectivity index (χ4v) is 1.99. The Morgan fingerprint density at radius 3 is 2.53 bits per heavy atom. The van der Waals surface area contributed by atoms with E-state index in [1.54, 1.807) is 0 Å². The van der Waals surface area contributed by atoms with E-state index in [9.17, 15) is 0 Å². The number of nitrogens with two attached hydrogens (primary N) is 1. The van der Waals surface area contributed by atoms with Crippen LogP contribution in [0.1, 0.15) is 38.7 Å². The lowest BCUT2D eigenvalue weighted by Gasteiger charge is -2.31. The first-order valence-electron chi connectivity index (χ1n) is 6.44. The quantitative estimate of drug-likeness (QED) is 0.794. The molecule has 0 aliphatic carbocycles. The Kier molecular flexibility index (Phi) is 5.22. The smallest absolute Gasteiger partial charge is 0.118 e. The van der Waals surface area contributed by atoms with Crippen molar-refractivity contribution in [1.82, 2.24) is 4.90 Å². The van der Waals surface area contributed by atoms with Crippen LogP contribution in [0.3, 0.4) is 0 Å². The number of hydrogen-bond acceptors (Lipinski definition) is 3. The topological polar surface area (TPSA) is 42.4 Å². The molecule has 1 heterocycles. The SMILES string of the molecule is CCCN(Cc1ccc(C)o1)CC(C)(C)CN. The van der Waals surface area contributed by atoms with Gasteiger partial charge in [-0.25, -0.2) is 0 Å². The zero-order valence-corrected chi connectivity index (χ0v) is 11.6. The van der Waals surface area contributed by atoms with Crippen molar-refractivity contribution in [2.24, 2.45) is 11.1 Å². The number of furan rings is 1. The van der Waals surface area contributed by atoms with Gasteiger partial charge in [0.15, 0.2) is 0 Å². The molecule has 3 heteroatoms. The second-order valence-electron chi connectivity index (χ2n) is 5.59. The number of aryl methyl sites for hydroxylation is 1. The molecule has 0 atom stereocenters. The van der Waals surface area contributed by atoms with Gasteiger partial charge in [-0.1, -0.05) is 20.8 Å². The Balaban J connectivity index is 2.60. The van der Waals surface area contributed by atoms with Crippen molar-refractivity contribution in [3.8, 4) is 0 Å². The highest BCUT2D eigenvalue weighted by Crippen LogP contribution is 2.18. The molecule has 0 spiro atoms. The van der Waals surface area contributed by atoms with Crippen molar-refractivity contribution in [1.29, 1.82) is 0 Å². The Morgan fingerprint density at radius 2 is 2.06 bits per heavy atom. The minimum absolute atomic E-state index is 0.163. The maximum Gasteiger partial charge on any atom is 0.118 e. The molecular weight excluding hydrogens is 212 g/mol. The molecule has 0 bridgehead atoms. The summed E-state index contributed by atoms with van der Waals surface area (Å²) in [4.78, 5) is 2.42. The van der Waals surface area contributed by atoms with Crippen LogP contribution in [0, 0.1) is 12.3 Å². The van der Waals surface area contributed by atoms with Gasteiger partial charge in [-0.2, -0.15) is 0 Å². The fraction of sp³-hybridized carbons (Fsp3) is 0.714. The third kappa shape index (κ3) is 4.92. The lowest BCUT2D eigenvalue weighted by molar-refractivity contribution is 0.165. The largest absolute Gasteiger partial charge is 0.465 e. The molecule has 0 aromatic carbocycles. The van der Waals surface area contributed by atoms with Crippen LogP contribution in [0.5, 0.6) is 0 Å². The maximum absolute atomic E-state index is 5.80. The first kappa shape index (κ1) is 14.3. The molecule has 0 aliphatic heterocycles. The van der Waals surface area contributed by atoms with Gasteiger partial charge in [0.05, 0.1) is 6.54 Å². The van der Waals surface area contributed by atoms with Gasteiger partial charge in [0, 0.05) is 6.54 Å². The molecule has 0 radical (unpaired) electrons. The van der Waals surface area contributed by atoms with Crippen molar-refractivity contribution in [2.45, 2.75) is 40.7 Å². The molecule has 0 fully saturated rings. The van der Waals surface area contributed by atoms with Crippen LogP contribution in [-0.2, 0) is 6.54 Å². The molecule has 0 amide bonds. The van der Waals surface area contributed by atoms with Gasteiger partial charge in [-0.15, -0.1) is 0 Å². The van der Waals surface area contributed by atoms with E-state index < -0.39 is 0 Å². The molecule has 17 heavy (non-hydrogen) atoms. The zero-order chi connectivity index (χ0) is 12.9. The van der Waals surface area contributed by atoms with Gasteiger partial charge in [-0.3, -0.25) is 4.90 Å². The van der Waals surface area contributed by atoms with Gasteiger partial charge in [-0.05, 0) is 44.0 Å². The van der Waals surface area contributed by atoms with Crippen molar-refractivity contribution in [3.05, 3.63) is 23.7 Å². The molecule has 1 rings (SSSR count). The molecule has 1 aromatic rings. The number of hydrogen-bond donors (Lipinski definition) is 1. The van der Waals surface area contributed by atoms with Crippen LogP contribution in [-0.4, -0.2) is 24.5 Å². The molecule has 3 nitrogen and oxygen atoms in total. The third-order valence-corrected chi connectivity index (χ3v) is 2.92. The van der Waals surface area contributed by atoms with Crippen LogP contribution < -0.4 is 5.73 Å². The summed E-state index contributed by atoms with van der Waals surface area (Å²) >= 11 is 0. The van der Waals surface area contributed by atoms with Crippen molar-refractivity contribution >= 4 is 0 Å². The fourth-order valence-electron chi connectivity index (χ4n) is 1.99. The molecule has 2 N–H and O–H groups in total. The standard InChI is InChI=1S/C14H26N2O/c1-5-8-16(11-14(3,4)10-15)9-13-7-6-12(2)17-13/h6-7H,5,8-11,15H2,1-4H3. The van der Waals surface area contributed by atoms with E-state index in [-0.39, 0.29) is 5.41 Å². The van der Waals surface area contributed by atoms with E-state index in [1.165, 1.54) is 0 Å². The van der Waals surface area contributed by atoms with E-state index in [0.717, 1.165) is 37.6 Å². The summed E-state index contributed by atoms with van der Waals surface area (Å²) in [5, 5.41) is 0. The summed E-state index contributed by atoms with van der Waals surface area (Å²) in [7, 11) is 0. The normalized spacial score (nSPS) is 12.4. The summed E-state index contributed by atoms with van der Waals surface area (Å²) in [6.45, 7) is 12.3. The minimum Gasteiger partial charge on any atom is -0.465 e. The predicted octanol–water partition coefficient (Wildman–Crippen LogP) is 2.78. The first-order chi connectivity index (χ1) is 7.96. The van der Waals surface area contributed by atoms with Crippen LogP contribution in [0.25, 0.3) is 0 Å². The van der Waals surface area contributed by atoms with Gasteiger partial charge in [0.2, 0.25) is 0 Å². The highest BCUT2D eigenvalue weighted by atomic mass is 16.3. The summed E-state index contributed by atoms with van der Waals surface area (Å²) in [5.41, 5.74) is 5.96. The van der Waals surface area contributed by atoms with E-state index in [2.05, 4.69) is 31.7 Å². The number of rotatable bonds is 7. The first-order valence-corrected chi connectivity index (χ1v) is 6.44. The Hall–Kier alpha value is -0.800. The van der Waals surface area contributed by atoms with Crippen LogP contribution in [0.2, 0.25) is 0 Å². The summed E-state index contributed by atoms with van der Waals surface area (Å²) in [5.74, 6) is 2.03. The summed E-state index contributed by atoms with van der Waals surface area (Å²) in [6, 6.07) is 4.08. The van der Waals surface area contributed by atoms with Crippen molar-refractivity contribution in [3.63, 3.8) is 0 Å². The number of nitrogens with zero attached hydrogens (tertiary/aromatic N) is 1. The van der Waals surface area contributed by atoms with Gasteiger partial charge < -0.3 is 10.2 Å². The molecule has 98 valence electrons. The lowest BCUT2D eigenvalue weighted by atomic mass is 9.93. The highest BCUT2D eigenvalue weighted by molar-refractivity contribution is 5.05. The Morgan fingerprint density at radius 1 is 1.35 bits per heavy atom. The second kappa shape index (κ2) is 6.22. The monoisotopic (exact) mass is 238 g/mol. The molecule has 0 aliphatic rings. The van der Waals surface area contributed by atoms with Crippen LogP contribution in [0.15, 0.2) is 16.5 Å². The Bertz CT molecular complexity index is 331. The van der Waals surface area contributed by atoms with E-state index >= 15 is 0 Å². The molecule has 1 aromatic heterocycles. The van der Waals surface area contributed by atoms with Crippen LogP contribution >= 0.6 is 0 Å².